The molecule has 2 aromatic rings. The Bertz CT molecular complexity index is 793. The number of allylic oxidation sites excluding steroid dienone is 1. The molecule has 26 heavy (non-hydrogen) atoms. The van der Waals surface area contributed by atoms with Crippen LogP contribution in [0.5, 0.6) is 0 Å². The van der Waals surface area contributed by atoms with Gasteiger partial charge in [-0.25, -0.2) is 0 Å². The first-order valence-corrected chi connectivity index (χ1v) is 10.0. The van der Waals surface area contributed by atoms with E-state index in [1.165, 1.54) is 43.0 Å². The molecular formula is C19H26N4O2S. The highest BCUT2D eigenvalue weighted by Gasteiger charge is 2.20. The van der Waals surface area contributed by atoms with Crippen molar-refractivity contribution in [3.05, 3.63) is 29.7 Å². The number of hydrogen-bond donors (Lipinski definition) is 1. The maximum absolute atomic E-state index is 12.4. The minimum atomic E-state index is -0.225. The zero-order valence-corrected chi connectivity index (χ0v) is 16.4. The van der Waals surface area contributed by atoms with Gasteiger partial charge in [0.05, 0.1) is 17.1 Å². The highest BCUT2D eigenvalue weighted by Crippen LogP contribution is 2.28. The first-order valence-electron chi connectivity index (χ1n) is 9.12. The minimum Gasteiger partial charge on any atom is -0.469 e. The third-order valence-corrected chi connectivity index (χ3v) is 5.85. The number of carbonyl (C=O) groups is 1. The second-order valence-corrected chi connectivity index (χ2v) is 7.97. The molecule has 140 valence electrons. The van der Waals surface area contributed by atoms with Gasteiger partial charge in [0.15, 0.2) is 11.0 Å². The molecule has 1 amide bonds. The Labute approximate surface area is 158 Å². The average molecular weight is 375 g/mol. The van der Waals surface area contributed by atoms with Crippen LogP contribution in [-0.2, 0) is 11.8 Å². The third kappa shape index (κ3) is 4.38. The quantitative estimate of drug-likeness (QED) is 0.588. The van der Waals surface area contributed by atoms with Gasteiger partial charge < -0.3 is 14.3 Å². The molecule has 1 N–H and O–H groups in total. The molecule has 0 saturated heterocycles. The summed E-state index contributed by atoms with van der Waals surface area (Å²) in [6, 6.07) is 1.88. The molecule has 2 heterocycles. The summed E-state index contributed by atoms with van der Waals surface area (Å²) < 4.78 is 7.24. The average Bonchev–Trinajstić information content (AvgIpc) is 3.21. The normalized spacial score (nSPS) is 15.6. The first kappa shape index (κ1) is 18.8. The predicted molar refractivity (Wildman–Crippen MR) is 103 cm³/mol. The van der Waals surface area contributed by atoms with Crippen LogP contribution in [0.2, 0.25) is 0 Å². The smallest absolute Gasteiger partial charge is 0.233 e. The van der Waals surface area contributed by atoms with Crippen LogP contribution in [0.25, 0.3) is 11.4 Å². The number of carbonyl (C=O) groups excluding carboxylic acids is 1. The Balaban J connectivity index is 1.53. The number of aryl methyl sites for hydroxylation is 1. The van der Waals surface area contributed by atoms with Crippen molar-refractivity contribution < 1.29 is 9.21 Å². The van der Waals surface area contributed by atoms with Crippen LogP contribution in [0.4, 0.5) is 0 Å². The van der Waals surface area contributed by atoms with Crippen molar-refractivity contribution in [2.45, 2.75) is 56.4 Å². The first-order chi connectivity index (χ1) is 12.6. The molecule has 0 unspecified atom stereocenters. The lowest BCUT2D eigenvalue weighted by Gasteiger charge is -2.14. The van der Waals surface area contributed by atoms with E-state index in [0.29, 0.717) is 6.54 Å². The van der Waals surface area contributed by atoms with Crippen molar-refractivity contribution in [1.29, 1.82) is 0 Å². The molecular weight excluding hydrogens is 348 g/mol. The summed E-state index contributed by atoms with van der Waals surface area (Å²) in [6.45, 7) is 4.50. The Morgan fingerprint density at radius 2 is 2.27 bits per heavy atom. The molecule has 3 rings (SSSR count). The van der Waals surface area contributed by atoms with Crippen LogP contribution in [-0.4, -0.2) is 32.5 Å². The van der Waals surface area contributed by atoms with Crippen LogP contribution in [0.3, 0.4) is 0 Å². The molecule has 0 saturated carbocycles. The van der Waals surface area contributed by atoms with Crippen molar-refractivity contribution in [3.8, 4) is 11.4 Å². The maximum Gasteiger partial charge on any atom is 0.233 e. The van der Waals surface area contributed by atoms with E-state index < -0.39 is 0 Å². The molecule has 0 aliphatic heterocycles. The summed E-state index contributed by atoms with van der Waals surface area (Å²) in [7, 11) is 1.91. The zero-order chi connectivity index (χ0) is 18.5. The molecule has 1 aliphatic carbocycles. The van der Waals surface area contributed by atoms with E-state index in [2.05, 4.69) is 21.6 Å². The van der Waals surface area contributed by atoms with E-state index in [4.69, 9.17) is 4.42 Å². The molecule has 0 fully saturated rings. The number of aromatic nitrogens is 3. The van der Waals surface area contributed by atoms with Gasteiger partial charge in [-0.3, -0.25) is 4.79 Å². The van der Waals surface area contributed by atoms with Crippen molar-refractivity contribution >= 4 is 17.7 Å². The van der Waals surface area contributed by atoms with Gasteiger partial charge in [-0.15, -0.1) is 10.2 Å². The van der Waals surface area contributed by atoms with Gasteiger partial charge in [0.2, 0.25) is 5.91 Å². The fourth-order valence-electron chi connectivity index (χ4n) is 3.10. The highest BCUT2D eigenvalue weighted by molar-refractivity contribution is 8.00. The molecule has 0 spiro atoms. The SMILES string of the molecule is Cc1occc1-c1nnc(S[C@@H](C)C(=O)NCCC2=CCCCC2)n1C. The summed E-state index contributed by atoms with van der Waals surface area (Å²) >= 11 is 1.42. The van der Waals surface area contributed by atoms with Crippen molar-refractivity contribution in [2.75, 3.05) is 6.54 Å². The number of rotatable bonds is 7. The topological polar surface area (TPSA) is 72.9 Å². The van der Waals surface area contributed by atoms with Crippen LogP contribution < -0.4 is 5.32 Å². The lowest BCUT2D eigenvalue weighted by molar-refractivity contribution is -0.120. The second-order valence-electron chi connectivity index (χ2n) is 6.66. The van der Waals surface area contributed by atoms with Crippen molar-refractivity contribution in [3.63, 3.8) is 0 Å². The van der Waals surface area contributed by atoms with E-state index in [0.717, 1.165) is 28.7 Å². The zero-order valence-electron chi connectivity index (χ0n) is 15.6. The van der Waals surface area contributed by atoms with E-state index >= 15 is 0 Å². The molecule has 1 atom stereocenters. The summed E-state index contributed by atoms with van der Waals surface area (Å²) in [6.07, 6.45) is 9.85. The van der Waals surface area contributed by atoms with Crippen LogP contribution in [0, 0.1) is 6.92 Å². The number of amides is 1. The summed E-state index contributed by atoms with van der Waals surface area (Å²) in [5.41, 5.74) is 2.40. The summed E-state index contributed by atoms with van der Waals surface area (Å²) in [5.74, 6) is 1.59. The fraction of sp³-hybridized carbons (Fsp3) is 0.526. The van der Waals surface area contributed by atoms with Gasteiger partial charge >= 0.3 is 0 Å². The van der Waals surface area contributed by atoms with Crippen LogP contribution >= 0.6 is 11.8 Å². The Hall–Kier alpha value is -2.02. The lowest BCUT2D eigenvalue weighted by Crippen LogP contribution is -2.32. The predicted octanol–water partition coefficient (Wildman–Crippen LogP) is 3.87. The maximum atomic E-state index is 12.4. The van der Waals surface area contributed by atoms with Crippen molar-refractivity contribution in [2.24, 2.45) is 7.05 Å². The molecule has 6 nitrogen and oxygen atoms in total. The highest BCUT2D eigenvalue weighted by atomic mass is 32.2. The molecule has 7 heteroatoms. The van der Waals surface area contributed by atoms with Gasteiger partial charge in [0.25, 0.3) is 0 Å². The molecule has 2 aromatic heterocycles. The Kier molecular flexibility index (Phi) is 6.19. The van der Waals surface area contributed by atoms with Gasteiger partial charge in [-0.2, -0.15) is 0 Å². The second kappa shape index (κ2) is 8.58. The number of nitrogens with one attached hydrogen (secondary N) is 1. The van der Waals surface area contributed by atoms with Gasteiger partial charge in [-0.05, 0) is 52.0 Å². The largest absolute Gasteiger partial charge is 0.469 e. The van der Waals surface area contributed by atoms with Gasteiger partial charge in [0.1, 0.15) is 5.76 Å². The summed E-state index contributed by atoms with van der Waals surface area (Å²) in [4.78, 5) is 12.4. The summed E-state index contributed by atoms with van der Waals surface area (Å²) in [5, 5.41) is 12.0. The molecule has 1 aliphatic rings. The number of furan rings is 1. The fourth-order valence-corrected chi connectivity index (χ4v) is 3.94. The van der Waals surface area contributed by atoms with Crippen LogP contribution in [0.1, 0.15) is 44.8 Å². The number of thioether (sulfide) groups is 1. The van der Waals surface area contributed by atoms with Crippen molar-refractivity contribution in [1.82, 2.24) is 20.1 Å². The lowest BCUT2D eigenvalue weighted by atomic mass is 9.97. The van der Waals surface area contributed by atoms with E-state index in [1.54, 1.807) is 6.26 Å². The third-order valence-electron chi connectivity index (χ3n) is 4.72. The number of hydrogen-bond acceptors (Lipinski definition) is 5. The molecule has 0 bridgehead atoms. The van der Waals surface area contributed by atoms with E-state index in [-0.39, 0.29) is 11.2 Å². The minimum absolute atomic E-state index is 0.0375. The molecule has 0 aromatic carbocycles. The van der Waals surface area contributed by atoms with E-state index in [9.17, 15) is 4.79 Å². The molecule has 0 radical (unpaired) electrons. The van der Waals surface area contributed by atoms with Crippen LogP contribution in [0.15, 0.2) is 33.6 Å². The van der Waals surface area contributed by atoms with Gasteiger partial charge in [-0.1, -0.05) is 23.4 Å². The van der Waals surface area contributed by atoms with E-state index in [1.807, 2.05) is 31.5 Å². The Morgan fingerprint density at radius 3 is 2.96 bits per heavy atom. The number of nitrogens with zero attached hydrogens (tertiary/aromatic N) is 3. The Morgan fingerprint density at radius 1 is 1.42 bits per heavy atom. The standard InChI is InChI=1S/C19H26N4O2S/c1-13-16(10-12-25-13)17-21-22-19(23(17)3)26-14(2)18(24)20-11-9-15-7-5-4-6-8-15/h7,10,12,14H,4-6,8-9,11H2,1-3H3,(H,20,24)/t14-/m0/s1. The van der Waals surface area contributed by atoms with Gasteiger partial charge in [0, 0.05) is 13.6 Å². The monoisotopic (exact) mass is 374 g/mol.